The number of carbonyl (C=O) groups excluding carboxylic acids is 1. The normalized spacial score (nSPS) is 20.0. The molecule has 2 rings (SSSR count). The number of amides is 2. The Balaban J connectivity index is 2.05. The first-order valence-electron chi connectivity index (χ1n) is 6.39. The Hall–Kier alpha value is -2.09. The molecule has 1 aromatic rings. The van der Waals surface area contributed by atoms with Crippen molar-refractivity contribution in [3.05, 3.63) is 29.3 Å². The van der Waals surface area contributed by atoms with Gasteiger partial charge in [0.15, 0.2) is 9.84 Å². The van der Waals surface area contributed by atoms with E-state index in [1.807, 2.05) is 0 Å². The number of rotatable bonds is 3. The molecule has 0 radical (unpaired) electrons. The quantitative estimate of drug-likeness (QED) is 0.771. The molecule has 3 N–H and O–H groups in total. The van der Waals surface area contributed by atoms with E-state index in [9.17, 15) is 18.0 Å². The Morgan fingerprint density at radius 2 is 2.05 bits per heavy atom. The maximum Gasteiger partial charge on any atom is 0.337 e. The summed E-state index contributed by atoms with van der Waals surface area (Å²) in [5, 5.41) is 14.1. The van der Waals surface area contributed by atoms with Crippen LogP contribution in [0.1, 0.15) is 22.3 Å². The number of urea groups is 1. The summed E-state index contributed by atoms with van der Waals surface area (Å²) in [7, 11) is -3.08. The molecule has 1 saturated heterocycles. The van der Waals surface area contributed by atoms with Crippen LogP contribution in [0.15, 0.2) is 18.2 Å². The van der Waals surface area contributed by atoms with Gasteiger partial charge in [-0.25, -0.2) is 18.0 Å². The van der Waals surface area contributed by atoms with Crippen molar-refractivity contribution in [1.82, 2.24) is 5.32 Å². The molecule has 21 heavy (non-hydrogen) atoms. The van der Waals surface area contributed by atoms with E-state index in [1.165, 1.54) is 12.1 Å². The fraction of sp³-hybridized carbons (Fsp3) is 0.385. The molecule has 1 aliphatic rings. The van der Waals surface area contributed by atoms with Gasteiger partial charge in [0.2, 0.25) is 0 Å². The lowest BCUT2D eigenvalue weighted by atomic mass is 10.1. The molecule has 0 aliphatic carbocycles. The van der Waals surface area contributed by atoms with Crippen molar-refractivity contribution in [2.24, 2.45) is 0 Å². The molecule has 1 aliphatic heterocycles. The third-order valence-electron chi connectivity index (χ3n) is 3.22. The Morgan fingerprint density at radius 1 is 1.33 bits per heavy atom. The van der Waals surface area contributed by atoms with Gasteiger partial charge < -0.3 is 15.7 Å². The van der Waals surface area contributed by atoms with Crippen molar-refractivity contribution in [3.8, 4) is 0 Å². The summed E-state index contributed by atoms with van der Waals surface area (Å²) in [4.78, 5) is 23.0. The number of carboxylic acid groups (broad SMARTS) is 1. The predicted molar refractivity (Wildman–Crippen MR) is 77.4 cm³/mol. The average molecular weight is 312 g/mol. The summed E-state index contributed by atoms with van der Waals surface area (Å²) in [6.45, 7) is 1.75. The van der Waals surface area contributed by atoms with E-state index in [-0.39, 0.29) is 22.8 Å². The van der Waals surface area contributed by atoms with Crippen molar-refractivity contribution in [3.63, 3.8) is 0 Å². The Bertz CT molecular complexity index is 684. The molecule has 7 nitrogen and oxygen atoms in total. The number of hydrogen-bond donors (Lipinski definition) is 3. The van der Waals surface area contributed by atoms with Crippen LogP contribution in [-0.4, -0.2) is 43.1 Å². The Kier molecular flexibility index (Phi) is 4.17. The average Bonchev–Trinajstić information content (AvgIpc) is 2.70. The Morgan fingerprint density at radius 3 is 2.62 bits per heavy atom. The van der Waals surface area contributed by atoms with Gasteiger partial charge in [0, 0.05) is 6.04 Å². The molecule has 1 aromatic carbocycles. The van der Waals surface area contributed by atoms with Gasteiger partial charge in [0.25, 0.3) is 0 Å². The van der Waals surface area contributed by atoms with Crippen LogP contribution in [-0.2, 0) is 9.84 Å². The van der Waals surface area contributed by atoms with Crippen LogP contribution in [0.2, 0.25) is 0 Å². The van der Waals surface area contributed by atoms with Crippen molar-refractivity contribution < 1.29 is 23.1 Å². The van der Waals surface area contributed by atoms with Crippen molar-refractivity contribution >= 4 is 27.5 Å². The number of anilines is 1. The fourth-order valence-electron chi connectivity index (χ4n) is 2.20. The van der Waals surface area contributed by atoms with E-state index >= 15 is 0 Å². The van der Waals surface area contributed by atoms with E-state index in [2.05, 4.69) is 10.6 Å². The first-order valence-corrected chi connectivity index (χ1v) is 8.21. The van der Waals surface area contributed by atoms with Crippen LogP contribution >= 0.6 is 0 Å². The van der Waals surface area contributed by atoms with Crippen LogP contribution in [0.4, 0.5) is 10.5 Å². The van der Waals surface area contributed by atoms with Crippen molar-refractivity contribution in [2.45, 2.75) is 19.4 Å². The van der Waals surface area contributed by atoms with Crippen LogP contribution in [0.25, 0.3) is 0 Å². The van der Waals surface area contributed by atoms with E-state index in [1.54, 1.807) is 13.0 Å². The zero-order valence-corrected chi connectivity index (χ0v) is 12.2. The minimum Gasteiger partial charge on any atom is -0.478 e. The van der Waals surface area contributed by atoms with Gasteiger partial charge in [0.05, 0.1) is 22.8 Å². The molecule has 0 saturated carbocycles. The molecule has 8 heteroatoms. The highest BCUT2D eigenvalue weighted by atomic mass is 32.2. The lowest BCUT2D eigenvalue weighted by Crippen LogP contribution is -2.38. The van der Waals surface area contributed by atoms with Gasteiger partial charge in [-0.05, 0) is 25.5 Å². The topological polar surface area (TPSA) is 113 Å². The van der Waals surface area contributed by atoms with Crippen molar-refractivity contribution in [2.75, 3.05) is 16.8 Å². The zero-order chi connectivity index (χ0) is 15.6. The minimum atomic E-state index is -3.08. The number of aryl methyl sites for hydroxylation is 1. The molecular weight excluding hydrogens is 296 g/mol. The molecule has 114 valence electrons. The van der Waals surface area contributed by atoms with E-state index in [0.717, 1.165) is 5.56 Å². The van der Waals surface area contributed by atoms with Crippen LogP contribution in [0, 0.1) is 6.92 Å². The number of carbonyl (C=O) groups is 2. The highest BCUT2D eigenvalue weighted by molar-refractivity contribution is 7.91. The third kappa shape index (κ3) is 3.94. The van der Waals surface area contributed by atoms with Gasteiger partial charge in [-0.2, -0.15) is 0 Å². The van der Waals surface area contributed by atoms with Crippen molar-refractivity contribution in [1.29, 1.82) is 0 Å². The fourth-order valence-corrected chi connectivity index (χ4v) is 3.87. The highest BCUT2D eigenvalue weighted by Gasteiger charge is 2.29. The van der Waals surface area contributed by atoms with Gasteiger partial charge in [0.1, 0.15) is 0 Å². The maximum absolute atomic E-state index is 11.8. The summed E-state index contributed by atoms with van der Waals surface area (Å²) >= 11 is 0. The summed E-state index contributed by atoms with van der Waals surface area (Å²) in [6, 6.07) is 3.60. The molecule has 0 spiro atoms. The van der Waals surface area contributed by atoms with E-state index in [0.29, 0.717) is 6.42 Å². The molecule has 1 unspecified atom stereocenters. The first kappa shape index (κ1) is 15.3. The standard InChI is InChI=1S/C13H16N2O5S/c1-8-2-3-11(10(6-8)12(16)17)15-13(18)14-9-4-5-21(19,20)7-9/h2-3,6,9H,4-5,7H2,1H3,(H,16,17)(H2,14,15,18). The van der Waals surface area contributed by atoms with E-state index in [4.69, 9.17) is 5.11 Å². The number of hydrogen-bond acceptors (Lipinski definition) is 4. The molecular formula is C13H16N2O5S. The van der Waals surface area contributed by atoms with Crippen LogP contribution in [0.5, 0.6) is 0 Å². The monoisotopic (exact) mass is 312 g/mol. The Labute approximate surface area is 122 Å². The molecule has 2 amide bonds. The second kappa shape index (κ2) is 5.72. The molecule has 0 bridgehead atoms. The second-order valence-electron chi connectivity index (χ2n) is 5.05. The molecule has 0 aromatic heterocycles. The van der Waals surface area contributed by atoms with Gasteiger partial charge in [-0.3, -0.25) is 0 Å². The smallest absolute Gasteiger partial charge is 0.337 e. The lowest BCUT2D eigenvalue weighted by Gasteiger charge is -2.13. The summed E-state index contributed by atoms with van der Waals surface area (Å²) in [5.74, 6) is -1.17. The highest BCUT2D eigenvalue weighted by Crippen LogP contribution is 2.18. The molecule has 1 fully saturated rings. The number of benzene rings is 1. The second-order valence-corrected chi connectivity index (χ2v) is 7.28. The predicted octanol–water partition coefficient (Wildman–Crippen LogP) is 1.00. The summed E-state index contributed by atoms with van der Waals surface area (Å²) in [5.41, 5.74) is 0.927. The first-order chi connectivity index (χ1) is 9.77. The molecule has 1 heterocycles. The number of sulfone groups is 1. The van der Waals surface area contributed by atoms with E-state index < -0.39 is 27.9 Å². The van der Waals surface area contributed by atoms with Crippen LogP contribution in [0.3, 0.4) is 0 Å². The summed E-state index contributed by atoms with van der Waals surface area (Å²) < 4.78 is 22.6. The van der Waals surface area contributed by atoms with Gasteiger partial charge in [-0.1, -0.05) is 11.6 Å². The maximum atomic E-state index is 11.8. The molecule has 1 atom stereocenters. The van der Waals surface area contributed by atoms with Crippen LogP contribution < -0.4 is 10.6 Å². The number of aromatic carboxylic acids is 1. The third-order valence-corrected chi connectivity index (χ3v) is 4.99. The number of nitrogens with one attached hydrogen (secondary N) is 2. The largest absolute Gasteiger partial charge is 0.478 e. The minimum absolute atomic E-state index is 0.0100. The SMILES string of the molecule is Cc1ccc(NC(=O)NC2CCS(=O)(=O)C2)c(C(=O)O)c1. The summed E-state index contributed by atoms with van der Waals surface area (Å²) in [6.07, 6.45) is 0.370. The zero-order valence-electron chi connectivity index (χ0n) is 11.4. The van der Waals surface area contributed by atoms with Gasteiger partial charge >= 0.3 is 12.0 Å². The lowest BCUT2D eigenvalue weighted by molar-refractivity contribution is 0.0698. The number of carboxylic acids is 1. The van der Waals surface area contributed by atoms with Gasteiger partial charge in [-0.15, -0.1) is 0 Å².